The fourth-order valence-corrected chi connectivity index (χ4v) is 3.78. The van der Waals surface area contributed by atoms with Crippen molar-refractivity contribution >= 4 is 45.7 Å². The minimum Gasteiger partial charge on any atom is -0.274 e. The number of nitrogens with zero attached hydrogens (tertiary/aromatic N) is 1. The van der Waals surface area contributed by atoms with Gasteiger partial charge in [0.05, 0.1) is 0 Å². The normalized spacial score (nSPS) is 16.2. The van der Waals surface area contributed by atoms with Crippen LogP contribution in [0, 0.1) is 0 Å². The van der Waals surface area contributed by atoms with Crippen LogP contribution in [-0.4, -0.2) is 6.21 Å². The summed E-state index contributed by atoms with van der Waals surface area (Å²) in [5, 5.41) is 2.71. The zero-order valence-electron chi connectivity index (χ0n) is 14.2. The van der Waals surface area contributed by atoms with Crippen LogP contribution in [0.3, 0.4) is 0 Å². The van der Waals surface area contributed by atoms with E-state index >= 15 is 0 Å². The first-order valence-electron chi connectivity index (χ1n) is 8.38. The fourth-order valence-electron chi connectivity index (χ4n) is 3.11. The van der Waals surface area contributed by atoms with Gasteiger partial charge in [-0.15, -0.1) is 0 Å². The molecule has 1 aliphatic carbocycles. The molecule has 0 spiro atoms. The third-order valence-corrected chi connectivity index (χ3v) is 5.29. The van der Waals surface area contributed by atoms with Crippen LogP contribution >= 0.6 is 22.6 Å². The van der Waals surface area contributed by atoms with Crippen LogP contribution in [-0.2, 0) is 6.42 Å². The molecule has 0 bridgehead atoms. The van der Waals surface area contributed by atoms with Crippen molar-refractivity contribution in [2.24, 2.45) is 4.99 Å². The SMILES string of the molecule is C/C=C\C=C(/C)C=NC(I)c1cc2ccccc2c2c1C=CCC2. The molecule has 2 heteroatoms. The Labute approximate surface area is 158 Å². The van der Waals surface area contributed by atoms with Gasteiger partial charge < -0.3 is 0 Å². The molecular formula is C22H22IN. The summed E-state index contributed by atoms with van der Waals surface area (Å²) < 4.78 is 0.123. The van der Waals surface area contributed by atoms with Crippen molar-refractivity contribution < 1.29 is 0 Å². The minimum atomic E-state index is 0.123. The number of hydrogen-bond acceptors (Lipinski definition) is 1. The first-order valence-corrected chi connectivity index (χ1v) is 9.63. The van der Waals surface area contributed by atoms with Crippen LogP contribution in [0.15, 0.2) is 65.2 Å². The van der Waals surface area contributed by atoms with Gasteiger partial charge in [-0.05, 0) is 65.8 Å². The van der Waals surface area contributed by atoms with Gasteiger partial charge in [0.25, 0.3) is 0 Å². The molecule has 0 aliphatic heterocycles. The van der Waals surface area contributed by atoms with E-state index in [4.69, 9.17) is 4.99 Å². The predicted octanol–water partition coefficient (Wildman–Crippen LogP) is 6.83. The highest BCUT2D eigenvalue weighted by Gasteiger charge is 2.17. The van der Waals surface area contributed by atoms with E-state index in [1.54, 1.807) is 0 Å². The number of alkyl halides is 1. The van der Waals surface area contributed by atoms with E-state index in [1.807, 2.05) is 25.3 Å². The topological polar surface area (TPSA) is 12.4 Å². The van der Waals surface area contributed by atoms with Gasteiger partial charge in [-0.25, -0.2) is 0 Å². The van der Waals surface area contributed by atoms with Gasteiger partial charge in [0.15, 0.2) is 0 Å². The van der Waals surface area contributed by atoms with Crippen molar-refractivity contribution in [3.05, 3.63) is 76.9 Å². The maximum absolute atomic E-state index is 4.79. The molecule has 1 aliphatic rings. The number of aryl methyl sites for hydroxylation is 1. The Morgan fingerprint density at radius 1 is 1.29 bits per heavy atom. The lowest BCUT2D eigenvalue weighted by Gasteiger charge is -2.19. The lowest BCUT2D eigenvalue weighted by Crippen LogP contribution is -2.02. The van der Waals surface area contributed by atoms with E-state index < -0.39 is 0 Å². The average molecular weight is 427 g/mol. The number of fused-ring (bicyclic) bond motifs is 3. The lowest BCUT2D eigenvalue weighted by atomic mass is 9.88. The standard InChI is InChI=1S/C22H22IN/c1-3-4-9-16(2)15-24-22(23)21-14-17-10-5-6-11-18(17)19-12-7-8-13-20(19)21/h3-6,8-11,13-15,22H,7,12H2,1-2H3/b4-3-,16-9+,24-15?. The Morgan fingerprint density at radius 2 is 2.12 bits per heavy atom. The summed E-state index contributed by atoms with van der Waals surface area (Å²) in [6, 6.07) is 11.0. The van der Waals surface area contributed by atoms with Gasteiger partial charge in [0.1, 0.15) is 4.05 Å². The number of hydrogen-bond donors (Lipinski definition) is 0. The number of aliphatic imine (C=N–C) groups is 1. The van der Waals surface area contributed by atoms with Gasteiger partial charge in [-0.2, -0.15) is 0 Å². The summed E-state index contributed by atoms with van der Waals surface area (Å²) in [7, 11) is 0. The van der Waals surface area contributed by atoms with Crippen molar-refractivity contribution in [3.63, 3.8) is 0 Å². The van der Waals surface area contributed by atoms with Crippen LogP contribution in [0.2, 0.25) is 0 Å². The molecule has 24 heavy (non-hydrogen) atoms. The van der Waals surface area contributed by atoms with E-state index in [-0.39, 0.29) is 4.05 Å². The van der Waals surface area contributed by atoms with Gasteiger partial charge in [0.2, 0.25) is 0 Å². The molecule has 0 saturated heterocycles. The van der Waals surface area contributed by atoms with Gasteiger partial charge in [0, 0.05) is 6.21 Å². The zero-order valence-corrected chi connectivity index (χ0v) is 16.3. The van der Waals surface area contributed by atoms with Crippen molar-refractivity contribution in [3.8, 4) is 0 Å². The summed E-state index contributed by atoms with van der Waals surface area (Å²) in [6.07, 6.45) is 14.9. The third kappa shape index (κ3) is 3.69. The van der Waals surface area contributed by atoms with Crippen LogP contribution < -0.4 is 0 Å². The third-order valence-electron chi connectivity index (χ3n) is 4.30. The summed E-state index contributed by atoms with van der Waals surface area (Å²) in [5.74, 6) is 0. The van der Waals surface area contributed by atoms with Crippen LogP contribution in [0.1, 0.15) is 41.0 Å². The Bertz CT molecular complexity index is 856. The summed E-state index contributed by atoms with van der Waals surface area (Å²) >= 11 is 2.44. The highest BCUT2D eigenvalue weighted by atomic mass is 127. The van der Waals surface area contributed by atoms with Crippen molar-refractivity contribution in [2.45, 2.75) is 30.7 Å². The molecule has 1 atom stereocenters. The number of benzene rings is 2. The molecule has 2 aromatic carbocycles. The molecule has 1 unspecified atom stereocenters. The van der Waals surface area contributed by atoms with E-state index in [9.17, 15) is 0 Å². The second-order valence-electron chi connectivity index (χ2n) is 6.07. The Balaban J connectivity index is 2.03. The van der Waals surface area contributed by atoms with E-state index in [0.717, 1.165) is 12.8 Å². The molecular weight excluding hydrogens is 405 g/mol. The van der Waals surface area contributed by atoms with Crippen molar-refractivity contribution in [2.75, 3.05) is 0 Å². The van der Waals surface area contributed by atoms with Gasteiger partial charge >= 0.3 is 0 Å². The molecule has 0 N–H and O–H groups in total. The Hall–Kier alpha value is -1.68. The number of rotatable bonds is 4. The molecule has 0 aromatic heterocycles. The first kappa shape index (κ1) is 17.2. The molecule has 0 fully saturated rings. The maximum atomic E-state index is 4.79. The quantitative estimate of drug-likeness (QED) is 0.167. The molecule has 1 nitrogen and oxygen atoms in total. The molecule has 0 radical (unpaired) electrons. The number of allylic oxidation sites excluding steroid dienone is 5. The summed E-state index contributed by atoms with van der Waals surface area (Å²) in [6.45, 7) is 4.11. The molecule has 0 amide bonds. The van der Waals surface area contributed by atoms with Crippen molar-refractivity contribution in [1.29, 1.82) is 0 Å². The van der Waals surface area contributed by atoms with Gasteiger partial charge in [-0.3, -0.25) is 4.99 Å². The van der Waals surface area contributed by atoms with E-state index in [0.29, 0.717) is 0 Å². The maximum Gasteiger partial charge on any atom is 0.126 e. The Kier molecular flexibility index (Phi) is 5.67. The summed E-state index contributed by atoms with van der Waals surface area (Å²) in [4.78, 5) is 4.79. The highest BCUT2D eigenvalue weighted by molar-refractivity contribution is 14.1. The molecule has 2 aromatic rings. The second kappa shape index (κ2) is 7.93. The van der Waals surface area contributed by atoms with E-state index in [1.165, 1.54) is 33.0 Å². The summed E-state index contributed by atoms with van der Waals surface area (Å²) in [5.41, 5.74) is 5.32. The van der Waals surface area contributed by atoms with Crippen LogP contribution in [0.5, 0.6) is 0 Å². The predicted molar refractivity (Wildman–Crippen MR) is 115 cm³/mol. The van der Waals surface area contributed by atoms with E-state index in [2.05, 4.69) is 78.1 Å². The molecule has 3 rings (SSSR count). The monoisotopic (exact) mass is 427 g/mol. The fraction of sp³-hybridized carbons (Fsp3) is 0.227. The zero-order chi connectivity index (χ0) is 16.9. The molecule has 122 valence electrons. The Morgan fingerprint density at radius 3 is 2.96 bits per heavy atom. The average Bonchev–Trinajstić information content (AvgIpc) is 2.63. The molecule has 0 saturated carbocycles. The number of halogens is 1. The van der Waals surface area contributed by atoms with Gasteiger partial charge in [-0.1, -0.05) is 77.2 Å². The molecule has 0 heterocycles. The highest BCUT2D eigenvalue weighted by Crippen LogP contribution is 2.37. The second-order valence-corrected chi connectivity index (χ2v) is 7.25. The largest absolute Gasteiger partial charge is 0.274 e. The first-order chi connectivity index (χ1) is 11.7. The van der Waals surface area contributed by atoms with Crippen LogP contribution in [0.25, 0.3) is 16.8 Å². The van der Waals surface area contributed by atoms with Crippen LogP contribution in [0.4, 0.5) is 0 Å². The minimum absolute atomic E-state index is 0.123. The van der Waals surface area contributed by atoms with Crippen molar-refractivity contribution in [1.82, 2.24) is 0 Å². The lowest BCUT2D eigenvalue weighted by molar-refractivity contribution is 0.978. The smallest absolute Gasteiger partial charge is 0.126 e.